The topological polar surface area (TPSA) is 86.9 Å². The van der Waals surface area contributed by atoms with Crippen molar-refractivity contribution in [2.24, 2.45) is 7.05 Å². The number of nitrogens with one attached hydrogen (secondary N) is 1. The number of halogens is 5. The summed E-state index contributed by atoms with van der Waals surface area (Å²) < 4.78 is 70.9. The van der Waals surface area contributed by atoms with Crippen LogP contribution in [0.4, 0.5) is 27.9 Å². The number of nitrogens with zero attached hydrogens (tertiary/aromatic N) is 5. The quantitative estimate of drug-likeness (QED) is 0.303. The second-order valence-electron chi connectivity index (χ2n) is 8.46. The number of pyridine rings is 1. The normalized spacial score (nSPS) is 12.0. The second-order valence-corrected chi connectivity index (χ2v) is 8.46. The van der Waals surface area contributed by atoms with E-state index in [-0.39, 0.29) is 22.8 Å². The highest BCUT2D eigenvalue weighted by Gasteiger charge is 2.27. The third-order valence-corrected chi connectivity index (χ3v) is 5.96. The van der Waals surface area contributed by atoms with Gasteiger partial charge < -0.3 is 10.1 Å². The third-order valence-electron chi connectivity index (χ3n) is 5.96. The van der Waals surface area contributed by atoms with Crippen LogP contribution >= 0.6 is 0 Å². The van der Waals surface area contributed by atoms with Crippen molar-refractivity contribution in [1.29, 1.82) is 0 Å². The summed E-state index contributed by atoms with van der Waals surface area (Å²) in [5, 5.41) is 7.72. The van der Waals surface area contributed by atoms with Crippen molar-refractivity contribution in [2.75, 3.05) is 11.9 Å². The van der Waals surface area contributed by atoms with E-state index in [4.69, 9.17) is 0 Å². The highest BCUT2D eigenvalue weighted by molar-refractivity contribution is 5.93. The van der Waals surface area contributed by atoms with Gasteiger partial charge in [0.2, 0.25) is 5.95 Å². The van der Waals surface area contributed by atoms with Crippen LogP contribution < -0.4 is 15.6 Å². The van der Waals surface area contributed by atoms with Crippen LogP contribution in [-0.2, 0) is 7.05 Å². The lowest BCUT2D eigenvalue weighted by Gasteiger charge is -2.14. The molecule has 3 heterocycles. The molecular formula is C25H19F5N6O2. The molecule has 0 aliphatic rings. The van der Waals surface area contributed by atoms with Crippen molar-refractivity contribution >= 4 is 27.8 Å². The Morgan fingerprint density at radius 2 is 1.84 bits per heavy atom. The molecule has 0 unspecified atom stereocenters. The van der Waals surface area contributed by atoms with Crippen molar-refractivity contribution in [1.82, 2.24) is 24.3 Å². The first kappa shape index (κ1) is 25.1. The van der Waals surface area contributed by atoms with Crippen LogP contribution in [0, 0.1) is 6.92 Å². The number of rotatable bonds is 6. The minimum atomic E-state index is -4.51. The Morgan fingerprint density at radius 1 is 1.11 bits per heavy atom. The van der Waals surface area contributed by atoms with Gasteiger partial charge in [-0.25, -0.2) is 9.97 Å². The number of alkyl halides is 5. The molecule has 0 fully saturated rings. The third kappa shape index (κ3) is 4.86. The number of hydrogen-bond donors (Lipinski definition) is 1. The molecule has 0 saturated heterocycles. The fourth-order valence-corrected chi connectivity index (χ4v) is 4.09. The first-order chi connectivity index (χ1) is 18.0. The summed E-state index contributed by atoms with van der Waals surface area (Å²) in [4.78, 5) is 22.0. The van der Waals surface area contributed by atoms with E-state index in [1.165, 1.54) is 41.2 Å². The first-order valence-corrected chi connectivity index (χ1v) is 11.2. The van der Waals surface area contributed by atoms with Gasteiger partial charge >= 0.3 is 12.8 Å². The lowest BCUT2D eigenvalue weighted by atomic mass is 10.0. The molecule has 1 N–H and O–H groups in total. The van der Waals surface area contributed by atoms with Crippen LogP contribution in [-0.4, -0.2) is 43.6 Å². The molecule has 5 rings (SSSR count). The van der Waals surface area contributed by atoms with E-state index < -0.39 is 24.9 Å². The monoisotopic (exact) mass is 530 g/mol. The molecule has 8 nitrogen and oxygen atoms in total. The SMILES string of the molecule is Cc1c2cc(-n3cc4cnc(NCC(F)(F)F)nc4c(-c4ccc(OC(F)F)cc4)c3=O)ccc2nn1C. The minimum Gasteiger partial charge on any atom is -0.435 e. The fourth-order valence-electron chi connectivity index (χ4n) is 4.09. The zero-order valence-corrected chi connectivity index (χ0v) is 19.9. The highest BCUT2D eigenvalue weighted by atomic mass is 19.4. The van der Waals surface area contributed by atoms with Crippen molar-refractivity contribution < 1.29 is 26.7 Å². The summed E-state index contributed by atoms with van der Waals surface area (Å²) in [7, 11) is 1.80. The van der Waals surface area contributed by atoms with E-state index in [1.807, 2.05) is 6.92 Å². The maximum absolute atomic E-state index is 13.8. The van der Waals surface area contributed by atoms with Crippen LogP contribution in [0.3, 0.4) is 0 Å². The molecule has 0 radical (unpaired) electrons. The van der Waals surface area contributed by atoms with E-state index in [1.54, 1.807) is 29.9 Å². The molecule has 0 bridgehead atoms. The molecule has 196 valence electrons. The molecule has 38 heavy (non-hydrogen) atoms. The average molecular weight is 530 g/mol. The number of benzene rings is 2. The molecular weight excluding hydrogens is 511 g/mol. The minimum absolute atomic E-state index is 0.0477. The van der Waals surface area contributed by atoms with Crippen molar-refractivity contribution in [3.8, 4) is 22.6 Å². The predicted molar refractivity (Wildman–Crippen MR) is 131 cm³/mol. The molecule has 3 aromatic heterocycles. The van der Waals surface area contributed by atoms with Crippen molar-refractivity contribution in [2.45, 2.75) is 19.7 Å². The van der Waals surface area contributed by atoms with Crippen molar-refractivity contribution in [3.63, 3.8) is 0 Å². The molecule has 0 atom stereocenters. The van der Waals surface area contributed by atoms with E-state index in [0.717, 1.165) is 16.6 Å². The molecule has 0 spiro atoms. The van der Waals surface area contributed by atoms with E-state index >= 15 is 0 Å². The van der Waals surface area contributed by atoms with Crippen LogP contribution in [0.5, 0.6) is 5.75 Å². The van der Waals surface area contributed by atoms with E-state index in [2.05, 4.69) is 25.1 Å². The molecule has 13 heteroatoms. The number of aryl methyl sites for hydroxylation is 2. The second kappa shape index (κ2) is 9.39. The Morgan fingerprint density at radius 3 is 2.53 bits per heavy atom. The highest BCUT2D eigenvalue weighted by Crippen LogP contribution is 2.29. The zero-order chi connectivity index (χ0) is 27.2. The van der Waals surface area contributed by atoms with Gasteiger partial charge in [-0.1, -0.05) is 12.1 Å². The van der Waals surface area contributed by atoms with Gasteiger partial charge in [0.25, 0.3) is 5.56 Å². The molecule has 2 aromatic carbocycles. The van der Waals surface area contributed by atoms with Gasteiger partial charge in [-0.3, -0.25) is 14.0 Å². The van der Waals surface area contributed by atoms with Gasteiger partial charge in [0.1, 0.15) is 12.3 Å². The molecule has 0 saturated carbocycles. The molecule has 0 aliphatic carbocycles. The van der Waals surface area contributed by atoms with Gasteiger partial charge in [-0.05, 0) is 42.8 Å². The van der Waals surface area contributed by atoms with Crippen molar-refractivity contribution in [3.05, 3.63) is 70.9 Å². The number of hydrogen-bond acceptors (Lipinski definition) is 6. The fraction of sp³-hybridized carbons (Fsp3) is 0.200. The van der Waals surface area contributed by atoms with Crippen LogP contribution in [0.15, 0.2) is 59.7 Å². The maximum Gasteiger partial charge on any atom is 0.405 e. The summed E-state index contributed by atoms with van der Waals surface area (Å²) >= 11 is 0. The smallest absolute Gasteiger partial charge is 0.405 e. The first-order valence-electron chi connectivity index (χ1n) is 11.2. The van der Waals surface area contributed by atoms with Gasteiger partial charge in [0.15, 0.2) is 0 Å². The Labute approximate surface area is 211 Å². The lowest BCUT2D eigenvalue weighted by Crippen LogP contribution is -2.23. The average Bonchev–Trinajstić information content (AvgIpc) is 3.15. The molecule has 0 amide bonds. The lowest BCUT2D eigenvalue weighted by molar-refractivity contribution is -0.115. The summed E-state index contributed by atoms with van der Waals surface area (Å²) in [6, 6.07) is 10.6. The van der Waals surface area contributed by atoms with E-state index in [9.17, 15) is 26.7 Å². The van der Waals surface area contributed by atoms with Gasteiger partial charge in [-0.15, -0.1) is 0 Å². The number of anilines is 1. The molecule has 5 aromatic rings. The van der Waals surface area contributed by atoms with Gasteiger partial charge in [0, 0.05) is 41.6 Å². The van der Waals surface area contributed by atoms with Crippen LogP contribution in [0.2, 0.25) is 0 Å². The summed E-state index contributed by atoms with van der Waals surface area (Å²) in [6.07, 6.45) is -1.70. The predicted octanol–water partition coefficient (Wildman–Crippen LogP) is 5.22. The van der Waals surface area contributed by atoms with Gasteiger partial charge in [0.05, 0.1) is 16.6 Å². The number of fused-ring (bicyclic) bond motifs is 2. The standard InChI is InChI=1S/C25H19F5N6O2/c1-13-18-9-16(5-8-19(18)34-35(13)2)36-11-15-10-31-24(32-12-25(28,29)30)33-21(15)20(22(36)37)14-3-6-17(7-4-14)38-23(26)27/h3-11,23H,12H2,1-2H3,(H,32,33). The largest absolute Gasteiger partial charge is 0.435 e. The Kier molecular flexibility index (Phi) is 6.21. The van der Waals surface area contributed by atoms with E-state index in [0.29, 0.717) is 16.6 Å². The van der Waals surface area contributed by atoms with Crippen LogP contribution in [0.1, 0.15) is 5.69 Å². The summed E-state index contributed by atoms with van der Waals surface area (Å²) in [5.74, 6) is -0.442. The Bertz CT molecular complexity index is 1710. The summed E-state index contributed by atoms with van der Waals surface area (Å²) in [5.41, 5.74) is 2.05. The number of aromatic nitrogens is 5. The number of ether oxygens (including phenoxy) is 1. The molecule has 0 aliphatic heterocycles. The van der Waals surface area contributed by atoms with Crippen LogP contribution in [0.25, 0.3) is 38.6 Å². The summed E-state index contributed by atoms with van der Waals surface area (Å²) in [6.45, 7) is -2.51. The maximum atomic E-state index is 13.8. The van der Waals surface area contributed by atoms with Gasteiger partial charge in [-0.2, -0.15) is 27.1 Å². The zero-order valence-electron chi connectivity index (χ0n) is 19.9. The Balaban J connectivity index is 1.71. The Hall–Kier alpha value is -4.55.